The molecule has 1 fully saturated rings. The molecule has 0 radical (unpaired) electrons. The molecule has 0 aromatic heterocycles. The smallest absolute Gasteiger partial charge is 0.296 e. The molecule has 1 aromatic carbocycles. The Balaban J connectivity index is 1.89. The number of aliphatic hydroxyl groups excluding tert-OH is 1. The van der Waals surface area contributed by atoms with Gasteiger partial charge in [0.1, 0.15) is 0 Å². The van der Waals surface area contributed by atoms with Crippen molar-refractivity contribution in [1.82, 2.24) is 0 Å². The number of aliphatic hydroxyl groups is 1. The van der Waals surface area contributed by atoms with E-state index in [1.165, 1.54) is 0 Å². The quantitative estimate of drug-likeness (QED) is 0.786. The summed E-state index contributed by atoms with van der Waals surface area (Å²) in [5.41, 5.74) is 0.982. The Morgan fingerprint density at radius 2 is 1.90 bits per heavy atom. The normalized spacial score (nSPS) is 19.0. The molecular formula is C16H24O4S. The van der Waals surface area contributed by atoms with Gasteiger partial charge >= 0.3 is 0 Å². The Morgan fingerprint density at radius 1 is 1.29 bits per heavy atom. The van der Waals surface area contributed by atoms with Crippen LogP contribution in [0, 0.1) is 12.3 Å². The lowest BCUT2D eigenvalue weighted by Crippen LogP contribution is -2.41. The van der Waals surface area contributed by atoms with Crippen LogP contribution in [0.4, 0.5) is 0 Å². The minimum absolute atomic E-state index is 0.0169. The highest BCUT2D eigenvalue weighted by molar-refractivity contribution is 7.86. The molecule has 1 saturated carbocycles. The third-order valence-corrected chi connectivity index (χ3v) is 6.03. The lowest BCUT2D eigenvalue weighted by atomic mass is 9.63. The van der Waals surface area contributed by atoms with Crippen LogP contribution >= 0.6 is 0 Å². The largest absolute Gasteiger partial charge is 0.392 e. The van der Waals surface area contributed by atoms with E-state index in [1.54, 1.807) is 24.3 Å². The second-order valence-corrected chi connectivity index (χ2v) is 7.58. The van der Waals surface area contributed by atoms with E-state index in [4.69, 9.17) is 4.18 Å². The third kappa shape index (κ3) is 3.65. The lowest BCUT2D eigenvalue weighted by Gasteiger charge is -2.45. The maximum atomic E-state index is 12.0. The van der Waals surface area contributed by atoms with Crippen LogP contribution in [-0.2, 0) is 14.3 Å². The molecule has 0 amide bonds. The third-order valence-electron chi connectivity index (χ3n) is 4.70. The van der Waals surface area contributed by atoms with E-state index in [0.717, 1.165) is 31.2 Å². The Kier molecular flexibility index (Phi) is 5.07. The predicted molar refractivity (Wildman–Crippen MR) is 81.5 cm³/mol. The first-order valence-electron chi connectivity index (χ1n) is 7.54. The molecule has 1 atom stereocenters. The summed E-state index contributed by atoms with van der Waals surface area (Å²) in [5.74, 6) is 0. The Morgan fingerprint density at radius 3 is 2.38 bits per heavy atom. The van der Waals surface area contributed by atoms with Gasteiger partial charge in [0.15, 0.2) is 0 Å². The van der Waals surface area contributed by atoms with Gasteiger partial charge in [0.25, 0.3) is 10.1 Å². The van der Waals surface area contributed by atoms with Gasteiger partial charge in [0.2, 0.25) is 0 Å². The molecule has 0 bridgehead atoms. The average molecular weight is 312 g/mol. The Hall–Kier alpha value is -0.910. The van der Waals surface area contributed by atoms with Gasteiger partial charge in [-0.25, -0.2) is 0 Å². The van der Waals surface area contributed by atoms with Crippen molar-refractivity contribution in [1.29, 1.82) is 0 Å². The van der Waals surface area contributed by atoms with Crippen LogP contribution in [0.2, 0.25) is 0 Å². The van der Waals surface area contributed by atoms with Crippen LogP contribution in [0.25, 0.3) is 0 Å². The summed E-state index contributed by atoms with van der Waals surface area (Å²) < 4.78 is 29.1. The molecule has 1 unspecified atom stereocenters. The van der Waals surface area contributed by atoms with Crippen molar-refractivity contribution < 1.29 is 17.7 Å². The monoisotopic (exact) mass is 312 g/mol. The molecule has 0 spiro atoms. The molecular weight excluding hydrogens is 288 g/mol. The maximum absolute atomic E-state index is 12.0. The summed E-state index contributed by atoms with van der Waals surface area (Å²) in [6.07, 6.45) is 4.00. The van der Waals surface area contributed by atoms with Crippen molar-refractivity contribution >= 4 is 10.1 Å². The molecule has 1 aromatic rings. The van der Waals surface area contributed by atoms with Gasteiger partial charge in [-0.1, -0.05) is 31.0 Å². The highest BCUT2D eigenvalue weighted by Crippen LogP contribution is 2.47. The van der Waals surface area contributed by atoms with Crippen molar-refractivity contribution in [2.75, 3.05) is 6.61 Å². The van der Waals surface area contributed by atoms with Gasteiger partial charge < -0.3 is 5.11 Å². The highest BCUT2D eigenvalue weighted by Gasteiger charge is 2.41. The van der Waals surface area contributed by atoms with Gasteiger partial charge in [0.05, 0.1) is 17.6 Å². The number of hydrogen-bond acceptors (Lipinski definition) is 4. The molecule has 0 heterocycles. The van der Waals surface area contributed by atoms with Crippen LogP contribution in [0.15, 0.2) is 29.2 Å². The molecule has 0 saturated heterocycles. The van der Waals surface area contributed by atoms with Gasteiger partial charge in [-0.2, -0.15) is 8.42 Å². The van der Waals surface area contributed by atoms with Crippen molar-refractivity contribution in [2.45, 2.75) is 57.0 Å². The molecule has 0 aliphatic heterocycles. The predicted octanol–water partition coefficient (Wildman–Crippen LogP) is 3.03. The fourth-order valence-corrected chi connectivity index (χ4v) is 3.82. The summed E-state index contributed by atoms with van der Waals surface area (Å²) in [5, 5.41) is 10.2. The minimum Gasteiger partial charge on any atom is -0.392 e. The number of benzene rings is 1. The first-order chi connectivity index (χ1) is 9.89. The fraction of sp³-hybridized carbons (Fsp3) is 0.625. The Bertz CT molecular complexity index is 553. The van der Waals surface area contributed by atoms with Crippen LogP contribution in [-0.4, -0.2) is 26.2 Å². The average Bonchev–Trinajstić information content (AvgIpc) is 2.38. The van der Waals surface area contributed by atoms with Crippen molar-refractivity contribution in [3.8, 4) is 0 Å². The van der Waals surface area contributed by atoms with E-state index >= 15 is 0 Å². The topological polar surface area (TPSA) is 63.6 Å². The van der Waals surface area contributed by atoms with Crippen molar-refractivity contribution in [2.24, 2.45) is 5.41 Å². The lowest BCUT2D eigenvalue weighted by molar-refractivity contribution is -0.0470. The zero-order valence-corrected chi connectivity index (χ0v) is 13.5. The maximum Gasteiger partial charge on any atom is 0.296 e. The van der Waals surface area contributed by atoms with E-state index in [1.807, 2.05) is 6.92 Å². The molecule has 5 heteroatoms. The van der Waals surface area contributed by atoms with Crippen LogP contribution in [0.1, 0.15) is 44.6 Å². The standard InChI is InChI=1S/C16H24O4S/c1-3-16(10-4-11-16)15(17)9-12-20-21(18,19)14-7-5-13(2)6-8-14/h5-8,15,17H,3-4,9-12H2,1-2H3. The van der Waals surface area contributed by atoms with Crippen LogP contribution in [0.5, 0.6) is 0 Å². The second kappa shape index (κ2) is 6.46. The molecule has 118 valence electrons. The first-order valence-corrected chi connectivity index (χ1v) is 8.95. The molecule has 1 N–H and O–H groups in total. The second-order valence-electron chi connectivity index (χ2n) is 5.96. The highest BCUT2D eigenvalue weighted by atomic mass is 32.2. The van der Waals surface area contributed by atoms with Crippen LogP contribution < -0.4 is 0 Å². The summed E-state index contributed by atoms with van der Waals surface area (Å²) in [7, 11) is -3.72. The van der Waals surface area contributed by atoms with E-state index in [9.17, 15) is 13.5 Å². The summed E-state index contributed by atoms with van der Waals surface area (Å²) in [4.78, 5) is 0.163. The van der Waals surface area contributed by atoms with Crippen molar-refractivity contribution in [3.05, 3.63) is 29.8 Å². The fourth-order valence-electron chi connectivity index (χ4n) is 2.90. The van der Waals surface area contributed by atoms with Gasteiger partial charge in [0, 0.05) is 0 Å². The number of aryl methyl sites for hydroxylation is 1. The summed E-state index contributed by atoms with van der Waals surface area (Å²) >= 11 is 0. The van der Waals surface area contributed by atoms with E-state index in [0.29, 0.717) is 6.42 Å². The first kappa shape index (κ1) is 16.5. The SMILES string of the molecule is CCC1(C(O)CCOS(=O)(=O)c2ccc(C)cc2)CCC1. The molecule has 21 heavy (non-hydrogen) atoms. The molecule has 1 aliphatic carbocycles. The summed E-state index contributed by atoms with van der Waals surface area (Å²) in [6, 6.07) is 6.57. The van der Waals surface area contributed by atoms with Crippen LogP contribution in [0.3, 0.4) is 0 Å². The molecule has 1 aliphatic rings. The zero-order valence-electron chi connectivity index (χ0n) is 12.7. The molecule has 4 nitrogen and oxygen atoms in total. The summed E-state index contributed by atoms with van der Waals surface area (Å²) in [6.45, 7) is 4.00. The van der Waals surface area contributed by atoms with Gasteiger partial charge in [-0.15, -0.1) is 0 Å². The number of rotatable bonds is 7. The van der Waals surface area contributed by atoms with E-state index in [-0.39, 0.29) is 16.9 Å². The number of hydrogen-bond donors (Lipinski definition) is 1. The van der Waals surface area contributed by atoms with Gasteiger partial charge in [-0.05, 0) is 50.2 Å². The van der Waals surface area contributed by atoms with E-state index in [2.05, 4.69) is 6.92 Å². The van der Waals surface area contributed by atoms with E-state index < -0.39 is 16.2 Å². The molecule has 2 rings (SSSR count). The zero-order chi connectivity index (χ0) is 15.5. The van der Waals surface area contributed by atoms with Gasteiger partial charge in [-0.3, -0.25) is 4.18 Å². The minimum atomic E-state index is -3.72. The van der Waals surface area contributed by atoms with Crippen molar-refractivity contribution in [3.63, 3.8) is 0 Å². The Labute approximate surface area is 127 Å².